The molecule has 0 unspecified atom stereocenters. The first-order chi connectivity index (χ1) is 10.8. The normalized spacial score (nSPS) is 10.6. The number of ketones is 1. The van der Waals surface area contributed by atoms with Crippen molar-refractivity contribution in [1.82, 2.24) is 0 Å². The molecule has 0 spiro atoms. The molecular weight excluding hydrogens is 268 g/mol. The Bertz CT molecular complexity index is 678. The van der Waals surface area contributed by atoms with E-state index in [9.17, 15) is 4.79 Å². The third-order valence-electron chi connectivity index (χ3n) is 3.81. The molecule has 0 aromatic heterocycles. The van der Waals surface area contributed by atoms with E-state index in [4.69, 9.17) is 0 Å². The van der Waals surface area contributed by atoms with Crippen molar-refractivity contribution in [3.05, 3.63) is 108 Å². The average Bonchev–Trinajstić information content (AvgIpc) is 2.58. The zero-order valence-electron chi connectivity index (χ0n) is 12.4. The largest absolute Gasteiger partial charge is 0.298 e. The van der Waals surface area contributed by atoms with Crippen LogP contribution in [0.2, 0.25) is 0 Å². The fraction of sp³-hybridized carbons (Fsp3) is 0.0952. The molecule has 0 saturated carbocycles. The Labute approximate surface area is 131 Å². The van der Waals surface area contributed by atoms with E-state index in [1.54, 1.807) is 0 Å². The monoisotopic (exact) mass is 286 g/mol. The van der Waals surface area contributed by atoms with E-state index in [1.807, 2.05) is 91.0 Å². The van der Waals surface area contributed by atoms with Crippen molar-refractivity contribution < 1.29 is 4.79 Å². The number of hydrogen-bond acceptors (Lipinski definition) is 1. The standard InChI is InChI=1S/C21H18O/c22-20(16-17-10-4-1-5-11-17)21(18-12-6-2-7-13-18)19-14-8-3-9-15-19/h1-15,21H,16H2. The maximum absolute atomic E-state index is 12.9. The Morgan fingerprint density at radius 3 is 1.50 bits per heavy atom. The Hall–Kier alpha value is -2.67. The number of benzene rings is 3. The number of carbonyl (C=O) groups is 1. The van der Waals surface area contributed by atoms with Crippen molar-refractivity contribution in [2.24, 2.45) is 0 Å². The van der Waals surface area contributed by atoms with Gasteiger partial charge >= 0.3 is 0 Å². The third kappa shape index (κ3) is 3.32. The molecule has 0 amide bonds. The molecule has 0 fully saturated rings. The molecule has 1 nitrogen and oxygen atoms in total. The molecular formula is C21H18O. The van der Waals surface area contributed by atoms with Gasteiger partial charge in [0.2, 0.25) is 0 Å². The summed E-state index contributed by atoms with van der Waals surface area (Å²) < 4.78 is 0. The van der Waals surface area contributed by atoms with Crippen LogP contribution in [0.5, 0.6) is 0 Å². The summed E-state index contributed by atoms with van der Waals surface area (Å²) in [6.45, 7) is 0. The lowest BCUT2D eigenvalue weighted by molar-refractivity contribution is -0.119. The van der Waals surface area contributed by atoms with Gasteiger partial charge in [0.05, 0.1) is 5.92 Å². The molecule has 0 saturated heterocycles. The van der Waals surface area contributed by atoms with Crippen molar-refractivity contribution in [3.63, 3.8) is 0 Å². The van der Waals surface area contributed by atoms with Gasteiger partial charge < -0.3 is 0 Å². The van der Waals surface area contributed by atoms with Gasteiger partial charge in [-0.1, -0.05) is 91.0 Å². The lowest BCUT2D eigenvalue weighted by Gasteiger charge is -2.17. The SMILES string of the molecule is O=C(Cc1ccccc1)C(c1ccccc1)c1ccccc1. The molecule has 108 valence electrons. The minimum absolute atomic E-state index is 0.206. The van der Waals surface area contributed by atoms with Crippen LogP contribution in [0.4, 0.5) is 0 Å². The number of Topliss-reactive ketones (excluding diaryl/α,β-unsaturated/α-hetero) is 1. The number of carbonyl (C=O) groups excluding carboxylic acids is 1. The molecule has 0 aliphatic heterocycles. The number of hydrogen-bond donors (Lipinski definition) is 0. The lowest BCUT2D eigenvalue weighted by Crippen LogP contribution is -2.16. The van der Waals surface area contributed by atoms with E-state index < -0.39 is 0 Å². The maximum atomic E-state index is 12.9. The second kappa shape index (κ2) is 6.86. The molecule has 3 rings (SSSR count). The van der Waals surface area contributed by atoms with Gasteiger partial charge in [0.15, 0.2) is 0 Å². The molecule has 0 aliphatic carbocycles. The van der Waals surface area contributed by atoms with E-state index in [-0.39, 0.29) is 11.7 Å². The summed E-state index contributed by atoms with van der Waals surface area (Å²) in [5.41, 5.74) is 3.16. The molecule has 3 aromatic rings. The second-order valence-corrected chi connectivity index (χ2v) is 5.38. The molecule has 0 bridgehead atoms. The summed E-state index contributed by atoms with van der Waals surface area (Å²) in [4.78, 5) is 12.9. The van der Waals surface area contributed by atoms with E-state index in [1.165, 1.54) is 0 Å². The molecule has 0 radical (unpaired) electrons. The van der Waals surface area contributed by atoms with Crippen molar-refractivity contribution in [3.8, 4) is 0 Å². The first-order valence-corrected chi connectivity index (χ1v) is 7.51. The van der Waals surface area contributed by atoms with E-state index in [0.29, 0.717) is 6.42 Å². The predicted octanol–water partition coefficient (Wildman–Crippen LogP) is 4.63. The summed E-state index contributed by atoms with van der Waals surface area (Å²) in [5, 5.41) is 0. The van der Waals surface area contributed by atoms with Crippen molar-refractivity contribution in [2.45, 2.75) is 12.3 Å². The topological polar surface area (TPSA) is 17.1 Å². The minimum Gasteiger partial charge on any atom is -0.298 e. The molecule has 22 heavy (non-hydrogen) atoms. The van der Waals surface area contributed by atoms with Crippen LogP contribution in [0.3, 0.4) is 0 Å². The van der Waals surface area contributed by atoms with Crippen LogP contribution in [-0.2, 0) is 11.2 Å². The highest BCUT2D eigenvalue weighted by atomic mass is 16.1. The zero-order valence-corrected chi connectivity index (χ0v) is 12.4. The van der Waals surface area contributed by atoms with Crippen LogP contribution in [0.25, 0.3) is 0 Å². The van der Waals surface area contributed by atoms with E-state index >= 15 is 0 Å². The van der Waals surface area contributed by atoms with Gasteiger partial charge in [-0.2, -0.15) is 0 Å². The quantitative estimate of drug-likeness (QED) is 0.668. The lowest BCUT2D eigenvalue weighted by atomic mass is 9.85. The fourth-order valence-electron chi connectivity index (χ4n) is 2.75. The van der Waals surface area contributed by atoms with Gasteiger partial charge in [-0.25, -0.2) is 0 Å². The molecule has 0 N–H and O–H groups in total. The summed E-state index contributed by atoms with van der Waals surface area (Å²) in [5.74, 6) is 0.0196. The van der Waals surface area contributed by atoms with Gasteiger partial charge in [0, 0.05) is 6.42 Å². The first kappa shape index (κ1) is 14.3. The predicted molar refractivity (Wildman–Crippen MR) is 89.9 cm³/mol. The van der Waals surface area contributed by atoms with Gasteiger partial charge in [0.1, 0.15) is 5.78 Å². The molecule has 0 heterocycles. The van der Waals surface area contributed by atoms with Gasteiger partial charge in [-0.15, -0.1) is 0 Å². The van der Waals surface area contributed by atoms with Crippen LogP contribution in [0.1, 0.15) is 22.6 Å². The van der Waals surface area contributed by atoms with Crippen LogP contribution in [-0.4, -0.2) is 5.78 Å². The average molecular weight is 286 g/mol. The Kier molecular flexibility index (Phi) is 4.45. The molecule has 0 atom stereocenters. The number of rotatable bonds is 5. The minimum atomic E-state index is -0.206. The third-order valence-corrected chi connectivity index (χ3v) is 3.81. The molecule has 3 aromatic carbocycles. The molecule has 0 aliphatic rings. The Balaban J connectivity index is 1.94. The highest BCUT2D eigenvalue weighted by Gasteiger charge is 2.22. The Morgan fingerprint density at radius 1 is 0.636 bits per heavy atom. The summed E-state index contributed by atoms with van der Waals surface area (Å²) >= 11 is 0. The zero-order chi connectivity index (χ0) is 15.2. The fourth-order valence-corrected chi connectivity index (χ4v) is 2.75. The van der Waals surface area contributed by atoms with Crippen molar-refractivity contribution >= 4 is 5.78 Å². The van der Waals surface area contributed by atoms with Gasteiger partial charge in [0.25, 0.3) is 0 Å². The highest BCUT2D eigenvalue weighted by molar-refractivity contribution is 5.90. The summed E-state index contributed by atoms with van der Waals surface area (Å²) in [6, 6.07) is 30.0. The summed E-state index contributed by atoms with van der Waals surface area (Å²) in [7, 11) is 0. The van der Waals surface area contributed by atoms with E-state index in [2.05, 4.69) is 0 Å². The van der Waals surface area contributed by atoms with E-state index in [0.717, 1.165) is 16.7 Å². The Morgan fingerprint density at radius 2 is 1.05 bits per heavy atom. The van der Waals surface area contributed by atoms with Crippen molar-refractivity contribution in [1.29, 1.82) is 0 Å². The van der Waals surface area contributed by atoms with Gasteiger partial charge in [-0.05, 0) is 16.7 Å². The van der Waals surface area contributed by atoms with Crippen LogP contribution in [0.15, 0.2) is 91.0 Å². The van der Waals surface area contributed by atoms with Crippen LogP contribution < -0.4 is 0 Å². The smallest absolute Gasteiger partial charge is 0.149 e. The second-order valence-electron chi connectivity index (χ2n) is 5.38. The van der Waals surface area contributed by atoms with Crippen molar-refractivity contribution in [2.75, 3.05) is 0 Å². The first-order valence-electron chi connectivity index (χ1n) is 7.51. The van der Waals surface area contributed by atoms with Gasteiger partial charge in [-0.3, -0.25) is 4.79 Å². The molecule has 1 heteroatoms. The highest BCUT2D eigenvalue weighted by Crippen LogP contribution is 2.26. The van der Waals surface area contributed by atoms with Crippen LogP contribution in [0, 0.1) is 0 Å². The summed E-state index contributed by atoms with van der Waals surface area (Å²) in [6.07, 6.45) is 0.454. The maximum Gasteiger partial charge on any atom is 0.149 e. The van der Waals surface area contributed by atoms with Crippen LogP contribution >= 0.6 is 0 Å².